The molecule has 1 aliphatic rings. The minimum atomic E-state index is -3.95. The highest BCUT2D eigenvalue weighted by molar-refractivity contribution is 7.89. The van der Waals surface area contributed by atoms with Gasteiger partial charge < -0.3 is 10.2 Å². The highest BCUT2D eigenvalue weighted by Gasteiger charge is 2.38. The number of pyridine rings is 1. The summed E-state index contributed by atoms with van der Waals surface area (Å²) in [5.74, 6) is -0.741. The Morgan fingerprint density at radius 2 is 1.90 bits per heavy atom. The highest BCUT2D eigenvalue weighted by Crippen LogP contribution is 2.36. The van der Waals surface area contributed by atoms with E-state index in [0.29, 0.717) is 11.4 Å². The van der Waals surface area contributed by atoms with Crippen LogP contribution in [-0.4, -0.2) is 36.8 Å². The van der Waals surface area contributed by atoms with E-state index in [1.165, 1.54) is 36.5 Å². The number of hydrogen-bond acceptors (Lipinski definition) is 5. The molecule has 1 N–H and O–H groups in total. The van der Waals surface area contributed by atoms with Crippen molar-refractivity contribution < 1.29 is 17.6 Å². The first kappa shape index (κ1) is 20.0. The zero-order valence-electron chi connectivity index (χ0n) is 16.1. The summed E-state index contributed by atoms with van der Waals surface area (Å²) in [7, 11) is -3.95. The minimum absolute atomic E-state index is 0.0383. The molecule has 0 unspecified atom stereocenters. The molecule has 2 aromatic carbocycles. The molecular formula is C21H19FN4O3S. The van der Waals surface area contributed by atoms with Crippen LogP contribution in [0.3, 0.4) is 0 Å². The summed E-state index contributed by atoms with van der Waals surface area (Å²) >= 11 is 0. The zero-order valence-corrected chi connectivity index (χ0v) is 16.9. The summed E-state index contributed by atoms with van der Waals surface area (Å²) in [5.41, 5.74) is 2.05. The molecule has 3 aromatic rings. The Bertz CT molecular complexity index is 1200. The van der Waals surface area contributed by atoms with Gasteiger partial charge in [-0.15, -0.1) is 0 Å². The van der Waals surface area contributed by atoms with Crippen molar-refractivity contribution in [2.75, 3.05) is 23.4 Å². The fourth-order valence-electron chi connectivity index (χ4n) is 3.21. The van der Waals surface area contributed by atoms with Crippen molar-refractivity contribution in [1.82, 2.24) is 9.29 Å². The Labute approximate surface area is 173 Å². The number of halogens is 1. The van der Waals surface area contributed by atoms with Gasteiger partial charge in [-0.25, -0.2) is 17.8 Å². The van der Waals surface area contributed by atoms with Crippen molar-refractivity contribution in [3.8, 4) is 0 Å². The number of aryl methyl sites for hydroxylation is 1. The van der Waals surface area contributed by atoms with Crippen LogP contribution in [0.2, 0.25) is 0 Å². The maximum atomic E-state index is 13.8. The van der Waals surface area contributed by atoms with Gasteiger partial charge in [0.05, 0.1) is 13.2 Å². The standard InChI is InChI=1S/C21H19FN4O3S/c1-15-7-9-17(10-8-15)24-20(27)13-25-14-26(18-5-2-4-16(22)12-18)21-19(30(25,28)29)6-3-11-23-21/h2-12H,13-14H2,1H3,(H,24,27). The quantitative estimate of drug-likeness (QED) is 0.692. The van der Waals surface area contributed by atoms with Crippen molar-refractivity contribution in [3.63, 3.8) is 0 Å². The number of hydrogen-bond donors (Lipinski definition) is 1. The molecular weight excluding hydrogens is 407 g/mol. The van der Waals surface area contributed by atoms with Crippen molar-refractivity contribution in [3.05, 3.63) is 78.2 Å². The van der Waals surface area contributed by atoms with Crippen LogP contribution in [0.15, 0.2) is 71.8 Å². The molecule has 0 atom stereocenters. The summed E-state index contributed by atoms with van der Waals surface area (Å²) in [6.45, 7) is 1.37. The number of anilines is 3. The molecule has 0 bridgehead atoms. The van der Waals surface area contributed by atoms with Crippen molar-refractivity contribution in [2.24, 2.45) is 0 Å². The lowest BCUT2D eigenvalue weighted by atomic mass is 10.2. The maximum absolute atomic E-state index is 13.8. The maximum Gasteiger partial charge on any atom is 0.248 e. The number of fused-ring (bicyclic) bond motifs is 1. The SMILES string of the molecule is Cc1ccc(NC(=O)CN2CN(c3cccc(F)c3)c3ncccc3S2(=O)=O)cc1. The monoisotopic (exact) mass is 426 g/mol. The van der Waals surface area contributed by atoms with Gasteiger partial charge in [0.2, 0.25) is 15.9 Å². The van der Waals surface area contributed by atoms with Gasteiger partial charge in [-0.3, -0.25) is 4.79 Å². The molecule has 0 saturated heterocycles. The van der Waals surface area contributed by atoms with E-state index in [9.17, 15) is 17.6 Å². The number of amides is 1. The molecule has 1 aromatic heterocycles. The number of nitrogens with one attached hydrogen (secondary N) is 1. The number of nitrogens with zero attached hydrogens (tertiary/aromatic N) is 3. The molecule has 0 saturated carbocycles. The Kier molecular flexibility index (Phi) is 5.23. The summed E-state index contributed by atoms with van der Waals surface area (Å²) < 4.78 is 41.0. The lowest BCUT2D eigenvalue weighted by molar-refractivity contribution is -0.116. The second kappa shape index (κ2) is 7.85. The van der Waals surface area contributed by atoms with E-state index in [4.69, 9.17) is 0 Å². The van der Waals surface area contributed by atoms with Crippen LogP contribution in [-0.2, 0) is 14.8 Å². The number of sulfonamides is 1. The average Bonchev–Trinajstić information content (AvgIpc) is 2.72. The number of benzene rings is 2. The van der Waals surface area contributed by atoms with Gasteiger partial charge in [-0.1, -0.05) is 23.8 Å². The molecule has 2 heterocycles. The number of carbonyl (C=O) groups excluding carboxylic acids is 1. The lowest BCUT2D eigenvalue weighted by Gasteiger charge is -2.36. The van der Waals surface area contributed by atoms with E-state index in [2.05, 4.69) is 10.3 Å². The number of aromatic nitrogens is 1. The predicted molar refractivity (Wildman–Crippen MR) is 111 cm³/mol. The van der Waals surface area contributed by atoms with Gasteiger partial charge in [0.15, 0.2) is 5.82 Å². The fourth-order valence-corrected chi connectivity index (χ4v) is 4.68. The van der Waals surface area contributed by atoms with Crippen molar-refractivity contribution >= 4 is 33.1 Å². The molecule has 1 amide bonds. The fraction of sp³-hybridized carbons (Fsp3) is 0.143. The van der Waals surface area contributed by atoms with Crippen molar-refractivity contribution in [2.45, 2.75) is 11.8 Å². The minimum Gasteiger partial charge on any atom is -0.325 e. The molecule has 0 aliphatic carbocycles. The third-order valence-corrected chi connectivity index (χ3v) is 6.50. The first-order valence-electron chi connectivity index (χ1n) is 9.19. The Balaban J connectivity index is 1.65. The van der Waals surface area contributed by atoms with Gasteiger partial charge in [0.1, 0.15) is 10.7 Å². The molecule has 7 nitrogen and oxygen atoms in total. The molecule has 4 rings (SSSR count). The van der Waals surface area contributed by atoms with E-state index in [0.717, 1.165) is 9.87 Å². The largest absolute Gasteiger partial charge is 0.325 e. The summed E-state index contributed by atoms with van der Waals surface area (Å²) in [6.07, 6.45) is 1.47. The summed E-state index contributed by atoms with van der Waals surface area (Å²) in [4.78, 5) is 18.3. The molecule has 30 heavy (non-hydrogen) atoms. The highest BCUT2D eigenvalue weighted by atomic mass is 32.2. The second-order valence-electron chi connectivity index (χ2n) is 6.90. The smallest absolute Gasteiger partial charge is 0.248 e. The predicted octanol–water partition coefficient (Wildman–Crippen LogP) is 3.27. The molecule has 0 fully saturated rings. The molecule has 0 radical (unpaired) electrons. The number of carbonyl (C=O) groups is 1. The van der Waals surface area contributed by atoms with Crippen LogP contribution in [0, 0.1) is 12.7 Å². The van der Waals surface area contributed by atoms with Crippen molar-refractivity contribution in [1.29, 1.82) is 0 Å². The van der Waals surface area contributed by atoms with Crippen LogP contribution in [0.5, 0.6) is 0 Å². The van der Waals surface area contributed by atoms with Gasteiger partial charge in [0, 0.05) is 17.6 Å². The van der Waals surface area contributed by atoms with Crippen LogP contribution >= 0.6 is 0 Å². The Hall–Kier alpha value is -3.30. The van der Waals surface area contributed by atoms with E-state index >= 15 is 0 Å². The molecule has 0 spiro atoms. The van der Waals surface area contributed by atoms with Gasteiger partial charge >= 0.3 is 0 Å². The van der Waals surface area contributed by atoms with E-state index in [1.54, 1.807) is 23.1 Å². The molecule has 154 valence electrons. The Morgan fingerprint density at radius 1 is 1.13 bits per heavy atom. The van der Waals surface area contributed by atoms with Gasteiger partial charge in [-0.05, 0) is 49.4 Å². The molecule has 9 heteroatoms. The second-order valence-corrected chi connectivity index (χ2v) is 8.81. The van der Waals surface area contributed by atoms with E-state index < -0.39 is 28.3 Å². The lowest BCUT2D eigenvalue weighted by Crippen LogP contribution is -2.47. The summed E-state index contributed by atoms with van der Waals surface area (Å²) in [6, 6.07) is 15.9. The van der Waals surface area contributed by atoms with Crippen LogP contribution < -0.4 is 10.2 Å². The van der Waals surface area contributed by atoms with E-state index in [1.807, 2.05) is 19.1 Å². The summed E-state index contributed by atoms with van der Waals surface area (Å²) in [5, 5.41) is 2.70. The third kappa shape index (κ3) is 3.89. The first-order valence-corrected chi connectivity index (χ1v) is 10.6. The number of rotatable bonds is 4. The zero-order chi connectivity index (χ0) is 21.3. The normalized spacial score (nSPS) is 15.5. The third-order valence-electron chi connectivity index (χ3n) is 4.70. The average molecular weight is 426 g/mol. The van der Waals surface area contributed by atoms with Gasteiger partial charge in [-0.2, -0.15) is 4.31 Å². The van der Waals surface area contributed by atoms with Crippen LogP contribution in [0.4, 0.5) is 21.6 Å². The van der Waals surface area contributed by atoms with E-state index in [-0.39, 0.29) is 17.4 Å². The van der Waals surface area contributed by atoms with Crippen LogP contribution in [0.25, 0.3) is 0 Å². The topological polar surface area (TPSA) is 82.6 Å². The molecule has 1 aliphatic heterocycles. The Morgan fingerprint density at radius 3 is 2.63 bits per heavy atom. The van der Waals surface area contributed by atoms with Gasteiger partial charge in [0.25, 0.3) is 0 Å². The first-order chi connectivity index (χ1) is 14.3. The van der Waals surface area contributed by atoms with Crippen LogP contribution in [0.1, 0.15) is 5.56 Å².